The highest BCUT2D eigenvalue weighted by molar-refractivity contribution is 5.52. The summed E-state index contributed by atoms with van der Waals surface area (Å²) in [5.41, 5.74) is 9.24. The van der Waals surface area contributed by atoms with Gasteiger partial charge in [0.25, 0.3) is 0 Å². The summed E-state index contributed by atoms with van der Waals surface area (Å²) in [6.45, 7) is 4.93. The fraction of sp³-hybridized carbons (Fsp3) is 0.333. The van der Waals surface area contributed by atoms with Crippen molar-refractivity contribution in [2.24, 2.45) is 11.7 Å². The van der Waals surface area contributed by atoms with Gasteiger partial charge in [-0.1, -0.05) is 43.3 Å². The van der Waals surface area contributed by atoms with E-state index in [9.17, 15) is 4.39 Å². The van der Waals surface area contributed by atoms with E-state index in [4.69, 9.17) is 5.73 Å². The molecular formula is C18H23FN2. The van der Waals surface area contributed by atoms with Crippen LogP contribution in [0.5, 0.6) is 0 Å². The van der Waals surface area contributed by atoms with Gasteiger partial charge in [0.2, 0.25) is 0 Å². The van der Waals surface area contributed by atoms with E-state index in [2.05, 4.69) is 30.9 Å². The summed E-state index contributed by atoms with van der Waals surface area (Å²) in [4.78, 5) is 2.18. The number of para-hydroxylation sites is 1. The second-order valence-electron chi connectivity index (χ2n) is 5.69. The maximum absolute atomic E-state index is 13.8. The van der Waals surface area contributed by atoms with Crippen molar-refractivity contribution in [2.75, 3.05) is 18.5 Å². The number of nitrogens with two attached hydrogens (primary N) is 1. The summed E-state index contributed by atoms with van der Waals surface area (Å²) < 4.78 is 13.8. The van der Waals surface area contributed by atoms with E-state index < -0.39 is 0 Å². The van der Waals surface area contributed by atoms with Gasteiger partial charge in [0.05, 0.1) is 0 Å². The third kappa shape index (κ3) is 3.61. The van der Waals surface area contributed by atoms with Crippen LogP contribution < -0.4 is 10.6 Å². The minimum absolute atomic E-state index is 0.145. The van der Waals surface area contributed by atoms with E-state index >= 15 is 0 Å². The Morgan fingerprint density at radius 3 is 2.38 bits per heavy atom. The Balaban J connectivity index is 2.09. The Morgan fingerprint density at radius 1 is 1.10 bits per heavy atom. The summed E-state index contributed by atoms with van der Waals surface area (Å²) in [5, 5.41) is 0. The molecule has 2 nitrogen and oxygen atoms in total. The quantitative estimate of drug-likeness (QED) is 0.903. The van der Waals surface area contributed by atoms with E-state index in [1.807, 2.05) is 25.2 Å². The summed E-state index contributed by atoms with van der Waals surface area (Å²) in [7, 11) is 2.05. The van der Waals surface area contributed by atoms with Gasteiger partial charge in [-0.3, -0.25) is 0 Å². The molecule has 0 aromatic heterocycles. The van der Waals surface area contributed by atoms with Crippen molar-refractivity contribution in [2.45, 2.75) is 19.9 Å². The molecule has 0 spiro atoms. The van der Waals surface area contributed by atoms with Gasteiger partial charge in [0, 0.05) is 30.9 Å². The van der Waals surface area contributed by atoms with Crippen LogP contribution >= 0.6 is 0 Å². The SMILES string of the molecule is Cc1ccccc1N(C)CC(C)C(N)c1ccccc1F. The first-order valence-corrected chi connectivity index (χ1v) is 7.27. The fourth-order valence-corrected chi connectivity index (χ4v) is 2.69. The van der Waals surface area contributed by atoms with Crippen molar-refractivity contribution in [3.8, 4) is 0 Å². The van der Waals surface area contributed by atoms with E-state index in [0.717, 1.165) is 6.54 Å². The first-order chi connectivity index (χ1) is 10.0. The normalized spacial score (nSPS) is 13.8. The molecule has 0 heterocycles. The van der Waals surface area contributed by atoms with Gasteiger partial charge >= 0.3 is 0 Å². The van der Waals surface area contributed by atoms with E-state index in [1.54, 1.807) is 12.1 Å². The average Bonchev–Trinajstić information content (AvgIpc) is 2.47. The van der Waals surface area contributed by atoms with Crippen LogP contribution in [-0.2, 0) is 0 Å². The molecule has 0 saturated heterocycles. The summed E-state index contributed by atoms with van der Waals surface area (Å²) >= 11 is 0. The highest BCUT2D eigenvalue weighted by Gasteiger charge is 2.20. The molecule has 0 radical (unpaired) electrons. The molecule has 2 aromatic carbocycles. The van der Waals surface area contributed by atoms with Crippen LogP contribution in [-0.4, -0.2) is 13.6 Å². The number of anilines is 1. The number of hydrogen-bond acceptors (Lipinski definition) is 2. The molecule has 3 heteroatoms. The van der Waals surface area contributed by atoms with Crippen LogP contribution in [0.3, 0.4) is 0 Å². The highest BCUT2D eigenvalue weighted by Crippen LogP contribution is 2.25. The van der Waals surface area contributed by atoms with Crippen LogP contribution in [0.2, 0.25) is 0 Å². The molecule has 2 N–H and O–H groups in total. The molecule has 2 aromatic rings. The number of halogens is 1. The van der Waals surface area contributed by atoms with E-state index in [1.165, 1.54) is 17.3 Å². The molecular weight excluding hydrogens is 263 g/mol. The number of rotatable bonds is 5. The van der Waals surface area contributed by atoms with Crippen molar-refractivity contribution < 1.29 is 4.39 Å². The zero-order valence-corrected chi connectivity index (χ0v) is 12.9. The maximum atomic E-state index is 13.8. The predicted molar refractivity (Wildman–Crippen MR) is 86.9 cm³/mol. The van der Waals surface area contributed by atoms with Crippen molar-refractivity contribution in [3.05, 3.63) is 65.5 Å². The lowest BCUT2D eigenvalue weighted by molar-refractivity contribution is 0.453. The van der Waals surface area contributed by atoms with Gasteiger partial charge in [0.1, 0.15) is 5.82 Å². The summed E-state index contributed by atoms with van der Waals surface area (Å²) in [6.07, 6.45) is 0. The second-order valence-corrected chi connectivity index (χ2v) is 5.69. The second kappa shape index (κ2) is 6.72. The molecule has 0 fully saturated rings. The Kier molecular flexibility index (Phi) is 4.97. The zero-order chi connectivity index (χ0) is 15.4. The Labute approximate surface area is 126 Å². The van der Waals surface area contributed by atoms with Gasteiger partial charge in [-0.05, 0) is 30.5 Å². The van der Waals surface area contributed by atoms with Crippen LogP contribution in [0.15, 0.2) is 48.5 Å². The Bertz CT molecular complexity index is 597. The van der Waals surface area contributed by atoms with Gasteiger partial charge in [0.15, 0.2) is 0 Å². The summed E-state index contributed by atoms with van der Waals surface area (Å²) in [6, 6.07) is 14.7. The highest BCUT2D eigenvalue weighted by atomic mass is 19.1. The topological polar surface area (TPSA) is 29.3 Å². The smallest absolute Gasteiger partial charge is 0.127 e. The molecule has 2 atom stereocenters. The first-order valence-electron chi connectivity index (χ1n) is 7.27. The molecule has 0 aliphatic carbocycles. The molecule has 2 unspecified atom stereocenters. The monoisotopic (exact) mass is 286 g/mol. The van der Waals surface area contributed by atoms with Crippen LogP contribution in [0.25, 0.3) is 0 Å². The number of nitrogens with zero attached hydrogens (tertiary/aromatic N) is 1. The lowest BCUT2D eigenvalue weighted by atomic mass is 9.94. The van der Waals surface area contributed by atoms with Crippen molar-refractivity contribution in [1.29, 1.82) is 0 Å². The largest absolute Gasteiger partial charge is 0.374 e. The lowest BCUT2D eigenvalue weighted by Crippen LogP contribution is -2.31. The fourth-order valence-electron chi connectivity index (χ4n) is 2.69. The molecule has 112 valence electrons. The van der Waals surface area contributed by atoms with E-state index in [0.29, 0.717) is 5.56 Å². The van der Waals surface area contributed by atoms with E-state index in [-0.39, 0.29) is 17.8 Å². The number of aryl methyl sites for hydroxylation is 1. The minimum Gasteiger partial charge on any atom is -0.374 e. The lowest BCUT2D eigenvalue weighted by Gasteiger charge is -2.28. The van der Waals surface area contributed by atoms with Crippen molar-refractivity contribution in [1.82, 2.24) is 0 Å². The molecule has 2 rings (SSSR count). The first kappa shape index (κ1) is 15.5. The number of hydrogen-bond donors (Lipinski definition) is 1. The Morgan fingerprint density at radius 2 is 1.71 bits per heavy atom. The maximum Gasteiger partial charge on any atom is 0.127 e. The van der Waals surface area contributed by atoms with Gasteiger partial charge in [-0.25, -0.2) is 4.39 Å². The predicted octanol–water partition coefficient (Wildman–Crippen LogP) is 3.91. The van der Waals surface area contributed by atoms with Crippen molar-refractivity contribution >= 4 is 5.69 Å². The standard InChI is InChI=1S/C18H23FN2/c1-13-8-4-7-11-17(13)21(3)12-14(2)18(20)15-9-5-6-10-16(15)19/h4-11,14,18H,12,20H2,1-3H3. The molecule has 0 amide bonds. The molecule has 0 aliphatic heterocycles. The third-order valence-electron chi connectivity index (χ3n) is 3.97. The van der Waals surface area contributed by atoms with Gasteiger partial charge in [-0.2, -0.15) is 0 Å². The molecule has 0 aliphatic rings. The number of benzene rings is 2. The summed E-state index contributed by atoms with van der Waals surface area (Å²) in [5.74, 6) is -0.0816. The van der Waals surface area contributed by atoms with Gasteiger partial charge < -0.3 is 10.6 Å². The molecule has 21 heavy (non-hydrogen) atoms. The molecule has 0 saturated carbocycles. The third-order valence-corrected chi connectivity index (χ3v) is 3.97. The van der Waals surface area contributed by atoms with Gasteiger partial charge in [-0.15, -0.1) is 0 Å². The van der Waals surface area contributed by atoms with Crippen molar-refractivity contribution in [3.63, 3.8) is 0 Å². The van der Waals surface area contributed by atoms with Crippen LogP contribution in [0.1, 0.15) is 24.1 Å². The van der Waals surface area contributed by atoms with Crippen LogP contribution in [0.4, 0.5) is 10.1 Å². The average molecular weight is 286 g/mol. The molecule has 0 bridgehead atoms. The Hall–Kier alpha value is -1.87. The van der Waals surface area contributed by atoms with Crippen LogP contribution in [0, 0.1) is 18.7 Å². The minimum atomic E-state index is -0.308. The zero-order valence-electron chi connectivity index (χ0n) is 12.9.